The largest absolute Gasteiger partial charge is 0.497 e. The number of nitrogens with zero attached hydrogens (tertiary/aromatic N) is 3. The van der Waals surface area contributed by atoms with Crippen LogP contribution in [-0.2, 0) is 19.4 Å². The van der Waals surface area contributed by atoms with Gasteiger partial charge in [0.05, 0.1) is 7.11 Å². The van der Waals surface area contributed by atoms with E-state index in [2.05, 4.69) is 47.3 Å². The molecule has 1 amide bonds. The minimum atomic E-state index is -0.0117. The lowest BCUT2D eigenvalue weighted by Crippen LogP contribution is -2.44. The maximum atomic E-state index is 13.4. The van der Waals surface area contributed by atoms with Gasteiger partial charge in [-0.05, 0) is 54.0 Å². The third kappa shape index (κ3) is 3.80. The second-order valence-corrected chi connectivity index (χ2v) is 10.1. The van der Waals surface area contributed by atoms with Crippen molar-refractivity contribution in [3.8, 4) is 17.1 Å². The van der Waals surface area contributed by atoms with Crippen molar-refractivity contribution in [2.45, 2.75) is 38.6 Å². The Bertz CT molecular complexity index is 1230. The maximum Gasteiger partial charge on any atom is 0.276 e. The second kappa shape index (κ2) is 8.58. The lowest BCUT2D eigenvalue weighted by molar-refractivity contribution is 0.0779. The van der Waals surface area contributed by atoms with Crippen LogP contribution in [0.3, 0.4) is 0 Å². The molecular weight excluding hydrogens is 426 g/mol. The predicted octanol–water partition coefficient (Wildman–Crippen LogP) is 4.53. The van der Waals surface area contributed by atoms with Crippen LogP contribution in [-0.4, -0.2) is 54.2 Å². The van der Waals surface area contributed by atoms with Crippen LogP contribution in [0.1, 0.15) is 52.0 Å². The monoisotopic (exact) mass is 457 g/mol. The molecule has 34 heavy (non-hydrogen) atoms. The molecule has 0 radical (unpaired) electrons. The van der Waals surface area contributed by atoms with Crippen LogP contribution < -0.4 is 4.74 Å². The molecule has 2 aliphatic heterocycles. The highest BCUT2D eigenvalue weighted by atomic mass is 16.5. The van der Waals surface area contributed by atoms with E-state index in [9.17, 15) is 4.79 Å². The van der Waals surface area contributed by atoms with Gasteiger partial charge < -0.3 is 14.2 Å². The average Bonchev–Trinajstić information content (AvgIpc) is 3.50. The Balaban J connectivity index is 1.18. The Morgan fingerprint density at radius 2 is 2.03 bits per heavy atom. The van der Waals surface area contributed by atoms with E-state index in [-0.39, 0.29) is 5.91 Å². The second-order valence-electron chi connectivity index (χ2n) is 10.1. The van der Waals surface area contributed by atoms with E-state index in [1.807, 2.05) is 17.0 Å². The van der Waals surface area contributed by atoms with Crippen molar-refractivity contribution in [1.82, 2.24) is 15.0 Å². The average molecular weight is 458 g/mol. The molecule has 6 rings (SSSR count). The van der Waals surface area contributed by atoms with E-state index in [0.717, 1.165) is 60.9 Å². The number of methoxy groups -OCH3 is 1. The quantitative estimate of drug-likeness (QED) is 0.563. The molecule has 6 nitrogen and oxygen atoms in total. The Hall–Kier alpha value is -3.12. The summed E-state index contributed by atoms with van der Waals surface area (Å²) in [4.78, 5) is 17.8. The van der Waals surface area contributed by atoms with Crippen molar-refractivity contribution in [2.75, 3.05) is 33.3 Å². The zero-order chi connectivity index (χ0) is 23.2. The number of carbonyl (C=O) groups is 1. The van der Waals surface area contributed by atoms with Gasteiger partial charge in [0.1, 0.15) is 5.75 Å². The van der Waals surface area contributed by atoms with Crippen LogP contribution >= 0.6 is 0 Å². The molecule has 0 saturated carbocycles. The van der Waals surface area contributed by atoms with Crippen molar-refractivity contribution in [2.24, 2.45) is 5.92 Å². The summed E-state index contributed by atoms with van der Waals surface area (Å²) in [5.41, 5.74) is 6.41. The number of carbonyl (C=O) groups excluding carboxylic acids is 1. The number of ether oxygens (including phenoxy) is 1. The Kier molecular flexibility index (Phi) is 5.41. The van der Waals surface area contributed by atoms with Crippen molar-refractivity contribution < 1.29 is 14.1 Å². The van der Waals surface area contributed by atoms with E-state index < -0.39 is 0 Å². The summed E-state index contributed by atoms with van der Waals surface area (Å²) in [6, 6.07) is 14.8. The van der Waals surface area contributed by atoms with E-state index >= 15 is 0 Å². The molecular formula is C28H31N3O3. The number of aryl methyl sites for hydroxylation is 1. The summed E-state index contributed by atoms with van der Waals surface area (Å²) in [5.74, 6) is 2.75. The SMILES string of the molecule is COc1cccc(C2CCN(C(=O)c3noc4c3CCc3cc(CN5CC(C)C5)ccc3-4)C2)c1. The third-order valence-corrected chi connectivity index (χ3v) is 7.64. The molecule has 3 aliphatic rings. The van der Waals surface area contributed by atoms with Gasteiger partial charge in [-0.15, -0.1) is 0 Å². The summed E-state index contributed by atoms with van der Waals surface area (Å²) in [7, 11) is 1.68. The topological polar surface area (TPSA) is 58.8 Å². The fraction of sp³-hybridized carbons (Fsp3) is 0.429. The Morgan fingerprint density at radius 1 is 1.15 bits per heavy atom. The summed E-state index contributed by atoms with van der Waals surface area (Å²) >= 11 is 0. The number of likely N-dealkylation sites (tertiary alicyclic amines) is 2. The van der Waals surface area contributed by atoms with E-state index in [4.69, 9.17) is 9.26 Å². The van der Waals surface area contributed by atoms with Gasteiger partial charge in [-0.3, -0.25) is 9.69 Å². The molecule has 176 valence electrons. The molecule has 2 saturated heterocycles. The first kappa shape index (κ1) is 21.4. The Morgan fingerprint density at radius 3 is 2.85 bits per heavy atom. The van der Waals surface area contributed by atoms with Gasteiger partial charge in [-0.1, -0.05) is 42.4 Å². The molecule has 6 heteroatoms. The van der Waals surface area contributed by atoms with Gasteiger partial charge in [0.25, 0.3) is 5.91 Å². The highest BCUT2D eigenvalue weighted by Gasteiger charge is 2.34. The van der Waals surface area contributed by atoms with E-state index in [1.165, 1.54) is 29.8 Å². The highest BCUT2D eigenvalue weighted by Crippen LogP contribution is 2.37. The first-order chi connectivity index (χ1) is 16.6. The standard InChI is InChI=1S/C28H31N3O3/c1-18-14-30(15-18)16-19-6-8-24-21(12-19)7-9-25-26(29-34-27(24)25)28(32)31-11-10-22(17-31)20-4-3-5-23(13-20)33-2/h3-6,8,12-13,18,22H,7,9-11,14-17H2,1-2H3. The van der Waals surface area contributed by atoms with Crippen LogP contribution in [0.25, 0.3) is 11.3 Å². The number of hydrogen-bond acceptors (Lipinski definition) is 5. The summed E-state index contributed by atoms with van der Waals surface area (Å²) in [6.07, 6.45) is 2.66. The van der Waals surface area contributed by atoms with Gasteiger partial charge in [-0.2, -0.15) is 0 Å². The fourth-order valence-corrected chi connectivity index (χ4v) is 5.83. The van der Waals surface area contributed by atoms with Crippen molar-refractivity contribution in [3.05, 3.63) is 70.4 Å². The summed E-state index contributed by atoms with van der Waals surface area (Å²) < 4.78 is 11.2. The van der Waals surface area contributed by atoms with Gasteiger partial charge in [0.2, 0.25) is 0 Å². The van der Waals surface area contributed by atoms with Crippen LogP contribution in [0.5, 0.6) is 5.75 Å². The zero-order valence-corrected chi connectivity index (χ0v) is 19.9. The maximum absolute atomic E-state index is 13.4. The lowest BCUT2D eigenvalue weighted by Gasteiger charge is -2.37. The number of fused-ring (bicyclic) bond motifs is 3. The van der Waals surface area contributed by atoms with Crippen molar-refractivity contribution in [3.63, 3.8) is 0 Å². The molecule has 2 aromatic carbocycles. The number of rotatable bonds is 5. The van der Waals surface area contributed by atoms with Crippen molar-refractivity contribution >= 4 is 5.91 Å². The van der Waals surface area contributed by atoms with Gasteiger partial charge >= 0.3 is 0 Å². The molecule has 0 spiro atoms. The molecule has 1 aromatic heterocycles. The summed E-state index contributed by atoms with van der Waals surface area (Å²) in [5, 5.41) is 4.27. The third-order valence-electron chi connectivity index (χ3n) is 7.64. The van der Waals surface area contributed by atoms with Gasteiger partial charge in [-0.25, -0.2) is 0 Å². The van der Waals surface area contributed by atoms with Gasteiger partial charge in [0.15, 0.2) is 11.5 Å². The number of hydrogen-bond donors (Lipinski definition) is 0. The molecule has 0 N–H and O–H groups in total. The van der Waals surface area contributed by atoms with E-state index in [1.54, 1.807) is 7.11 Å². The lowest BCUT2D eigenvalue weighted by atomic mass is 9.88. The molecule has 1 atom stereocenters. The van der Waals surface area contributed by atoms with Crippen LogP contribution in [0.2, 0.25) is 0 Å². The Labute approximate surface area is 200 Å². The van der Waals surface area contributed by atoms with Crippen LogP contribution in [0, 0.1) is 5.92 Å². The molecule has 2 fully saturated rings. The van der Waals surface area contributed by atoms with E-state index in [0.29, 0.717) is 18.2 Å². The van der Waals surface area contributed by atoms with Gasteiger partial charge in [0, 0.05) is 49.8 Å². The van der Waals surface area contributed by atoms with Crippen LogP contribution in [0.4, 0.5) is 0 Å². The number of aromatic nitrogens is 1. The molecule has 3 aromatic rings. The molecule has 1 aliphatic carbocycles. The first-order valence-electron chi connectivity index (χ1n) is 12.4. The molecule has 1 unspecified atom stereocenters. The first-order valence-corrected chi connectivity index (χ1v) is 12.4. The molecule has 0 bridgehead atoms. The predicted molar refractivity (Wildman–Crippen MR) is 130 cm³/mol. The summed E-state index contributed by atoms with van der Waals surface area (Å²) in [6.45, 7) is 7.11. The minimum Gasteiger partial charge on any atom is -0.497 e. The number of amides is 1. The normalized spacial score (nSPS) is 20.1. The minimum absolute atomic E-state index is 0.0117. The fourth-order valence-electron chi connectivity index (χ4n) is 5.83. The van der Waals surface area contributed by atoms with Crippen LogP contribution in [0.15, 0.2) is 47.0 Å². The van der Waals surface area contributed by atoms with Crippen molar-refractivity contribution in [1.29, 1.82) is 0 Å². The smallest absolute Gasteiger partial charge is 0.276 e. The highest BCUT2D eigenvalue weighted by molar-refractivity contribution is 5.96. The zero-order valence-electron chi connectivity index (χ0n) is 19.9. The molecule has 3 heterocycles. The number of benzene rings is 2.